The monoisotopic (exact) mass is 381 g/mol. The molecule has 3 aromatic rings. The Balaban J connectivity index is 1.31. The minimum absolute atomic E-state index is 0.218. The number of aryl methyl sites for hydroxylation is 1. The molecule has 1 aromatic carbocycles. The van der Waals surface area contributed by atoms with Gasteiger partial charge in [0.15, 0.2) is 0 Å². The van der Waals surface area contributed by atoms with Gasteiger partial charge in [0.25, 0.3) is 0 Å². The zero-order valence-electron chi connectivity index (χ0n) is 15.5. The third-order valence-corrected chi connectivity index (χ3v) is 5.88. The number of hydrogen-bond acceptors (Lipinski definition) is 5. The van der Waals surface area contributed by atoms with Gasteiger partial charge in [0.2, 0.25) is 11.8 Å². The molecular weight excluding hydrogens is 358 g/mol. The maximum Gasteiger partial charge on any atom is 0.222 e. The Morgan fingerprint density at radius 2 is 2.11 bits per heavy atom. The summed E-state index contributed by atoms with van der Waals surface area (Å²) in [5.41, 5.74) is 3.24. The van der Waals surface area contributed by atoms with E-state index in [0.29, 0.717) is 25.5 Å². The van der Waals surface area contributed by atoms with Gasteiger partial charge >= 0.3 is 0 Å². The molecule has 0 saturated carbocycles. The van der Waals surface area contributed by atoms with Gasteiger partial charge in [-0.15, -0.1) is 11.3 Å². The van der Waals surface area contributed by atoms with E-state index in [1.807, 2.05) is 42.2 Å². The first-order chi connectivity index (χ1) is 13.2. The van der Waals surface area contributed by atoms with Crippen LogP contribution in [0.1, 0.15) is 36.0 Å². The average molecular weight is 382 g/mol. The van der Waals surface area contributed by atoms with Crippen LogP contribution in [0, 0.1) is 0 Å². The van der Waals surface area contributed by atoms with Crippen LogP contribution in [0.2, 0.25) is 0 Å². The number of aromatic nitrogens is 2. The van der Waals surface area contributed by atoms with Gasteiger partial charge in [0.05, 0.1) is 27.5 Å². The molecule has 27 heavy (non-hydrogen) atoms. The molecular formula is C21H23N3O2S. The van der Waals surface area contributed by atoms with Crippen molar-refractivity contribution in [3.8, 4) is 5.88 Å². The van der Waals surface area contributed by atoms with Gasteiger partial charge < -0.3 is 9.64 Å². The number of carbonyl (C=O) groups is 1. The highest BCUT2D eigenvalue weighted by Gasteiger charge is 2.21. The maximum atomic E-state index is 12.6. The molecule has 2 aromatic heterocycles. The van der Waals surface area contributed by atoms with E-state index in [-0.39, 0.29) is 5.91 Å². The fourth-order valence-corrected chi connectivity index (χ4v) is 4.42. The third-order valence-electron chi connectivity index (χ3n) is 4.79. The predicted octanol–water partition coefficient (Wildman–Crippen LogP) is 4.00. The van der Waals surface area contributed by atoms with Crippen molar-refractivity contribution in [2.45, 2.75) is 39.2 Å². The van der Waals surface area contributed by atoms with Crippen molar-refractivity contribution in [1.82, 2.24) is 14.9 Å². The van der Waals surface area contributed by atoms with Crippen LogP contribution in [-0.2, 0) is 24.2 Å². The lowest BCUT2D eigenvalue weighted by Gasteiger charge is -2.28. The Kier molecular flexibility index (Phi) is 5.34. The molecule has 140 valence electrons. The number of thiazole rings is 1. The van der Waals surface area contributed by atoms with Crippen LogP contribution in [0.15, 0.2) is 36.4 Å². The molecule has 0 N–H and O–H groups in total. The van der Waals surface area contributed by atoms with Crippen LogP contribution in [-0.4, -0.2) is 33.9 Å². The third kappa shape index (κ3) is 4.11. The minimum Gasteiger partial charge on any atom is -0.478 e. The number of carbonyl (C=O) groups excluding carboxylic acids is 1. The summed E-state index contributed by atoms with van der Waals surface area (Å²) in [6.45, 7) is 3.95. The number of rotatable bonds is 6. The quantitative estimate of drug-likeness (QED) is 0.648. The molecule has 0 fully saturated rings. The van der Waals surface area contributed by atoms with Gasteiger partial charge in [0.1, 0.15) is 0 Å². The summed E-state index contributed by atoms with van der Waals surface area (Å²) in [5.74, 6) is 0.891. The van der Waals surface area contributed by atoms with Crippen molar-refractivity contribution >= 4 is 27.5 Å². The molecule has 0 bridgehead atoms. The number of amides is 1. The summed E-state index contributed by atoms with van der Waals surface area (Å²) in [7, 11) is 0. The van der Waals surface area contributed by atoms with Gasteiger partial charge in [-0.25, -0.2) is 9.97 Å². The lowest BCUT2D eigenvalue weighted by Crippen LogP contribution is -2.36. The molecule has 1 aliphatic heterocycles. The second-order valence-corrected chi connectivity index (χ2v) is 7.80. The van der Waals surface area contributed by atoms with Gasteiger partial charge in [-0.2, -0.15) is 0 Å². The van der Waals surface area contributed by atoms with Crippen LogP contribution >= 0.6 is 11.3 Å². The number of pyridine rings is 1. The van der Waals surface area contributed by atoms with Crippen molar-refractivity contribution in [2.24, 2.45) is 0 Å². The topological polar surface area (TPSA) is 55.3 Å². The Morgan fingerprint density at radius 1 is 1.22 bits per heavy atom. The van der Waals surface area contributed by atoms with Gasteiger partial charge in [0, 0.05) is 32.0 Å². The zero-order valence-corrected chi connectivity index (χ0v) is 16.3. The number of ether oxygens (including phenoxy) is 1. The maximum absolute atomic E-state index is 12.6. The lowest BCUT2D eigenvalue weighted by molar-refractivity contribution is -0.132. The van der Waals surface area contributed by atoms with Crippen LogP contribution in [0.4, 0.5) is 0 Å². The van der Waals surface area contributed by atoms with Crippen LogP contribution in [0.5, 0.6) is 5.88 Å². The van der Waals surface area contributed by atoms with Gasteiger partial charge in [-0.05, 0) is 37.5 Å². The zero-order chi connectivity index (χ0) is 18.6. The van der Waals surface area contributed by atoms with E-state index in [9.17, 15) is 4.79 Å². The van der Waals surface area contributed by atoms with Gasteiger partial charge in [-0.1, -0.05) is 18.2 Å². The molecule has 0 radical (unpaired) electrons. The van der Waals surface area contributed by atoms with Crippen LogP contribution in [0.3, 0.4) is 0 Å². The van der Waals surface area contributed by atoms with Gasteiger partial charge in [-0.3, -0.25) is 4.79 Å². The van der Waals surface area contributed by atoms with E-state index in [1.54, 1.807) is 11.3 Å². The molecule has 0 aliphatic carbocycles. The summed E-state index contributed by atoms with van der Waals surface area (Å²) < 4.78 is 6.68. The van der Waals surface area contributed by atoms with Crippen molar-refractivity contribution < 1.29 is 9.53 Å². The Labute approximate surface area is 163 Å². The molecule has 1 amide bonds. The van der Waals surface area contributed by atoms with Crippen LogP contribution in [0.25, 0.3) is 10.2 Å². The SMILES string of the molecule is CCOc1ccc2c(n1)CCN(C(=O)CCCc1nc3ccccc3s1)C2. The molecule has 6 heteroatoms. The lowest BCUT2D eigenvalue weighted by atomic mass is 10.0. The summed E-state index contributed by atoms with van der Waals surface area (Å²) in [6.07, 6.45) is 3.05. The Morgan fingerprint density at radius 3 is 2.96 bits per heavy atom. The molecule has 0 atom stereocenters. The second kappa shape index (κ2) is 8.05. The first-order valence-corrected chi connectivity index (χ1v) is 10.3. The number of nitrogens with zero attached hydrogens (tertiary/aromatic N) is 3. The van der Waals surface area contributed by atoms with E-state index in [1.165, 1.54) is 4.70 Å². The van der Waals surface area contributed by atoms with Crippen molar-refractivity contribution in [2.75, 3.05) is 13.2 Å². The number of para-hydroxylation sites is 1. The first-order valence-electron chi connectivity index (χ1n) is 9.47. The number of benzene rings is 1. The molecule has 5 nitrogen and oxygen atoms in total. The van der Waals surface area contributed by atoms with Crippen molar-refractivity contribution in [1.29, 1.82) is 0 Å². The smallest absolute Gasteiger partial charge is 0.222 e. The van der Waals surface area contributed by atoms with E-state index in [4.69, 9.17) is 4.74 Å². The van der Waals surface area contributed by atoms with E-state index < -0.39 is 0 Å². The van der Waals surface area contributed by atoms with Crippen molar-refractivity contribution in [3.05, 3.63) is 52.7 Å². The highest BCUT2D eigenvalue weighted by atomic mass is 32.1. The molecule has 0 unspecified atom stereocenters. The Hall–Kier alpha value is -2.47. The molecule has 4 rings (SSSR count). The minimum atomic E-state index is 0.218. The molecule has 1 aliphatic rings. The highest BCUT2D eigenvalue weighted by molar-refractivity contribution is 7.18. The highest BCUT2D eigenvalue weighted by Crippen LogP contribution is 2.24. The van der Waals surface area contributed by atoms with E-state index in [0.717, 1.165) is 47.6 Å². The predicted molar refractivity (Wildman–Crippen MR) is 107 cm³/mol. The molecule has 3 heterocycles. The van der Waals surface area contributed by atoms with E-state index in [2.05, 4.69) is 16.0 Å². The first kappa shape index (κ1) is 17.9. The summed E-state index contributed by atoms with van der Waals surface area (Å²) in [5, 5.41) is 1.11. The Bertz CT molecular complexity index is 921. The fraction of sp³-hybridized carbons (Fsp3) is 0.381. The number of hydrogen-bond donors (Lipinski definition) is 0. The van der Waals surface area contributed by atoms with E-state index >= 15 is 0 Å². The molecule has 0 saturated heterocycles. The fourth-order valence-electron chi connectivity index (χ4n) is 3.41. The number of fused-ring (bicyclic) bond motifs is 2. The molecule has 0 spiro atoms. The summed E-state index contributed by atoms with van der Waals surface area (Å²) >= 11 is 1.72. The standard InChI is InChI=1S/C21H23N3O2S/c1-2-26-19-11-10-15-14-24(13-12-16(15)22-19)21(25)9-5-8-20-23-17-6-3-4-7-18(17)27-20/h3-4,6-7,10-11H,2,5,8-9,12-14H2,1H3. The second-order valence-electron chi connectivity index (χ2n) is 6.68. The summed E-state index contributed by atoms with van der Waals surface area (Å²) in [4.78, 5) is 23.8. The normalized spacial score (nSPS) is 13.6. The average Bonchev–Trinajstić information content (AvgIpc) is 3.10. The van der Waals surface area contributed by atoms with Crippen molar-refractivity contribution in [3.63, 3.8) is 0 Å². The largest absolute Gasteiger partial charge is 0.478 e. The summed E-state index contributed by atoms with van der Waals surface area (Å²) in [6, 6.07) is 12.1. The van der Waals surface area contributed by atoms with Crippen LogP contribution < -0.4 is 4.74 Å².